The average Bonchev–Trinajstić information content (AvgIpc) is 3.26. The summed E-state index contributed by atoms with van der Waals surface area (Å²) < 4.78 is 29.8. The number of Topliss-reactive ketones (excluding diaryl/α,β-unsaturated/α-hetero) is 1. The van der Waals surface area contributed by atoms with Crippen LogP contribution in [0.15, 0.2) is 23.0 Å². The third-order valence-electron chi connectivity index (χ3n) is 10.7. The maximum atomic E-state index is 14.2. The Bertz CT molecular complexity index is 1120. The maximum Gasteiger partial charge on any atom is 0.339 e. The van der Waals surface area contributed by atoms with Crippen LogP contribution in [0.3, 0.4) is 0 Å². The van der Waals surface area contributed by atoms with Crippen molar-refractivity contribution in [2.24, 2.45) is 28.1 Å². The molecule has 1 aromatic rings. The topological polar surface area (TPSA) is 105 Å². The van der Waals surface area contributed by atoms with Crippen LogP contribution in [0, 0.1) is 28.1 Å². The van der Waals surface area contributed by atoms with E-state index in [1.807, 2.05) is 26.8 Å². The molecule has 0 N–H and O–H groups in total. The summed E-state index contributed by atoms with van der Waals surface area (Å²) in [5.41, 5.74) is -2.78. The monoisotopic (exact) mass is 470 g/mol. The molecule has 4 aliphatic heterocycles. The Morgan fingerprint density at radius 1 is 0.971 bits per heavy atom. The first kappa shape index (κ1) is 21.1. The van der Waals surface area contributed by atoms with Crippen LogP contribution in [-0.4, -0.2) is 47.7 Å². The standard InChI is InChI=1S/C26H30O8/c1-22(2)15-9-16(27)24(4)14(25(15)12-31-18(28)10-17(25)33-22)5-7-23(3)19(13-6-8-30-11-13)32-21(29)20-26(23,24)34-20/h6,8,11,14-15,17,19-20H,5,7,9-10,12H2,1-4H3/t14-,15+,17+,19-,20+,23-,24-,25+,26+/m0/s1. The van der Waals surface area contributed by atoms with E-state index in [4.69, 9.17) is 23.4 Å². The van der Waals surface area contributed by atoms with Crippen molar-refractivity contribution in [2.75, 3.05) is 6.61 Å². The number of ketones is 1. The Kier molecular flexibility index (Phi) is 3.70. The summed E-state index contributed by atoms with van der Waals surface area (Å²) >= 11 is 0. The Labute approximate surface area is 197 Å². The number of cyclic esters (lactones) is 2. The molecule has 182 valence electrons. The van der Waals surface area contributed by atoms with Gasteiger partial charge in [0.25, 0.3) is 0 Å². The van der Waals surface area contributed by atoms with Gasteiger partial charge in [-0.2, -0.15) is 0 Å². The third-order valence-corrected chi connectivity index (χ3v) is 10.7. The summed E-state index contributed by atoms with van der Waals surface area (Å²) in [6.07, 6.45) is 3.46. The lowest BCUT2D eigenvalue weighted by Gasteiger charge is -2.65. The Morgan fingerprint density at radius 2 is 1.76 bits per heavy atom. The minimum atomic E-state index is -0.976. The summed E-state index contributed by atoms with van der Waals surface area (Å²) in [5.74, 6) is -0.780. The first-order valence-electron chi connectivity index (χ1n) is 12.3. The number of rotatable bonds is 1. The van der Waals surface area contributed by atoms with Crippen molar-refractivity contribution in [3.8, 4) is 0 Å². The van der Waals surface area contributed by atoms with Crippen LogP contribution in [0.2, 0.25) is 0 Å². The summed E-state index contributed by atoms with van der Waals surface area (Å²) in [7, 11) is 0. The van der Waals surface area contributed by atoms with Crippen molar-refractivity contribution in [1.29, 1.82) is 0 Å². The zero-order valence-electron chi connectivity index (χ0n) is 19.9. The second-order valence-electron chi connectivity index (χ2n) is 12.2. The molecule has 8 heteroatoms. The van der Waals surface area contributed by atoms with Gasteiger partial charge in [0.05, 0.1) is 36.1 Å². The van der Waals surface area contributed by atoms with Crippen molar-refractivity contribution < 1.29 is 37.7 Å². The second kappa shape index (κ2) is 5.95. The number of furan rings is 1. The first-order chi connectivity index (χ1) is 16.0. The number of esters is 2. The van der Waals surface area contributed by atoms with Gasteiger partial charge in [-0.1, -0.05) is 6.92 Å². The molecule has 2 saturated carbocycles. The molecule has 5 heterocycles. The molecule has 0 bridgehead atoms. The van der Waals surface area contributed by atoms with Crippen LogP contribution >= 0.6 is 0 Å². The van der Waals surface area contributed by atoms with Crippen molar-refractivity contribution in [3.05, 3.63) is 24.2 Å². The lowest BCUT2D eigenvalue weighted by Crippen LogP contribution is -2.72. The number of hydrogen-bond donors (Lipinski definition) is 0. The molecule has 0 radical (unpaired) electrons. The Hall–Kier alpha value is -2.19. The summed E-state index contributed by atoms with van der Waals surface area (Å²) in [5, 5.41) is 0. The fourth-order valence-electron chi connectivity index (χ4n) is 9.34. The van der Waals surface area contributed by atoms with E-state index in [1.54, 1.807) is 12.5 Å². The number of carbonyl (C=O) groups excluding carboxylic acids is 3. The van der Waals surface area contributed by atoms with E-state index in [-0.39, 0.29) is 42.7 Å². The summed E-state index contributed by atoms with van der Waals surface area (Å²) in [6.45, 7) is 8.36. The van der Waals surface area contributed by atoms with E-state index in [0.29, 0.717) is 12.8 Å². The van der Waals surface area contributed by atoms with Gasteiger partial charge in [0, 0.05) is 28.7 Å². The van der Waals surface area contributed by atoms with Gasteiger partial charge in [0.2, 0.25) is 0 Å². The molecular weight excluding hydrogens is 440 g/mol. The molecule has 0 aromatic carbocycles. The van der Waals surface area contributed by atoms with Gasteiger partial charge >= 0.3 is 11.9 Å². The lowest BCUT2D eigenvalue weighted by molar-refractivity contribution is -0.225. The second-order valence-corrected chi connectivity index (χ2v) is 12.2. The van der Waals surface area contributed by atoms with Gasteiger partial charge in [-0.25, -0.2) is 4.79 Å². The van der Waals surface area contributed by atoms with E-state index in [9.17, 15) is 14.4 Å². The van der Waals surface area contributed by atoms with Crippen molar-refractivity contribution in [3.63, 3.8) is 0 Å². The van der Waals surface area contributed by atoms with Crippen molar-refractivity contribution >= 4 is 17.7 Å². The van der Waals surface area contributed by atoms with Crippen LogP contribution in [-0.2, 0) is 33.3 Å². The van der Waals surface area contributed by atoms with Crippen LogP contribution in [0.5, 0.6) is 0 Å². The molecule has 7 rings (SSSR count). The molecular formula is C26H30O8. The van der Waals surface area contributed by atoms with Gasteiger partial charge in [-0.3, -0.25) is 9.59 Å². The van der Waals surface area contributed by atoms with E-state index >= 15 is 0 Å². The molecule has 6 fully saturated rings. The van der Waals surface area contributed by atoms with Crippen LogP contribution in [0.4, 0.5) is 0 Å². The Balaban J connectivity index is 1.41. The van der Waals surface area contributed by atoms with E-state index in [2.05, 4.69) is 6.92 Å². The average molecular weight is 471 g/mol. The molecule has 4 saturated heterocycles. The molecule has 2 aliphatic carbocycles. The highest BCUT2D eigenvalue weighted by Gasteiger charge is 2.89. The zero-order valence-corrected chi connectivity index (χ0v) is 19.9. The molecule has 8 nitrogen and oxygen atoms in total. The number of carbonyl (C=O) groups is 3. The zero-order chi connectivity index (χ0) is 23.9. The summed E-state index contributed by atoms with van der Waals surface area (Å²) in [6, 6.07) is 1.81. The van der Waals surface area contributed by atoms with Gasteiger partial charge in [-0.05, 0) is 45.6 Å². The van der Waals surface area contributed by atoms with Gasteiger partial charge in [0.15, 0.2) is 6.10 Å². The molecule has 2 spiro atoms. The van der Waals surface area contributed by atoms with E-state index < -0.39 is 45.6 Å². The SMILES string of the molecule is CC1(C)O[C@@H]2CC(=O)OC[C@@]23[C@@H]1CC(=O)[C@]1(C)[C@@H]3CC[C@@]2(C)[C@H](c3ccoc3)OC(=O)[C@H]3O[C@]321. The van der Waals surface area contributed by atoms with Gasteiger partial charge < -0.3 is 23.4 Å². The largest absolute Gasteiger partial charge is 0.472 e. The lowest BCUT2D eigenvalue weighted by atomic mass is 9.37. The van der Waals surface area contributed by atoms with Gasteiger partial charge in [0.1, 0.15) is 24.1 Å². The minimum Gasteiger partial charge on any atom is -0.472 e. The maximum absolute atomic E-state index is 14.2. The third kappa shape index (κ3) is 2.02. The molecule has 0 unspecified atom stereocenters. The number of hydrogen-bond acceptors (Lipinski definition) is 8. The molecule has 6 aliphatic rings. The minimum absolute atomic E-state index is 0.0677. The van der Waals surface area contributed by atoms with Crippen molar-refractivity contribution in [2.45, 2.75) is 82.9 Å². The first-order valence-corrected chi connectivity index (χ1v) is 12.3. The highest BCUT2D eigenvalue weighted by Crippen LogP contribution is 2.79. The number of fused-ring (bicyclic) bond motifs is 1. The molecule has 1 aromatic heterocycles. The van der Waals surface area contributed by atoms with E-state index in [0.717, 1.165) is 12.0 Å². The van der Waals surface area contributed by atoms with Gasteiger partial charge in [-0.15, -0.1) is 0 Å². The highest BCUT2D eigenvalue weighted by atomic mass is 16.7. The summed E-state index contributed by atoms with van der Waals surface area (Å²) in [4.78, 5) is 39.7. The molecule has 34 heavy (non-hydrogen) atoms. The molecule has 9 atom stereocenters. The van der Waals surface area contributed by atoms with Crippen LogP contribution in [0.25, 0.3) is 0 Å². The van der Waals surface area contributed by atoms with Crippen LogP contribution < -0.4 is 0 Å². The Morgan fingerprint density at radius 3 is 2.50 bits per heavy atom. The fourth-order valence-corrected chi connectivity index (χ4v) is 9.34. The normalized spacial score (nSPS) is 52.4. The highest BCUT2D eigenvalue weighted by molar-refractivity contribution is 5.93. The quantitative estimate of drug-likeness (QED) is 0.455. The van der Waals surface area contributed by atoms with Crippen molar-refractivity contribution in [1.82, 2.24) is 0 Å². The predicted molar refractivity (Wildman–Crippen MR) is 114 cm³/mol. The number of ether oxygens (including phenoxy) is 4. The smallest absolute Gasteiger partial charge is 0.339 e. The molecule has 0 amide bonds. The number of epoxide rings is 1. The predicted octanol–water partition coefficient (Wildman–Crippen LogP) is 3.14. The van der Waals surface area contributed by atoms with Crippen LogP contribution in [0.1, 0.15) is 65.0 Å². The van der Waals surface area contributed by atoms with E-state index in [1.165, 1.54) is 0 Å². The fraction of sp³-hybridized carbons (Fsp3) is 0.731.